The smallest absolute Gasteiger partial charge is 0.309 e. The van der Waals surface area contributed by atoms with Crippen molar-refractivity contribution in [3.8, 4) is 0 Å². The van der Waals surface area contributed by atoms with E-state index in [1.165, 1.54) is 24.8 Å². The third kappa shape index (κ3) is 3.17. The van der Waals surface area contributed by atoms with Crippen LogP contribution in [0, 0.1) is 56.7 Å². The largest absolute Gasteiger partial charge is 0.481 e. The van der Waals surface area contributed by atoms with Crippen LogP contribution in [0.1, 0.15) is 113 Å². The molecule has 0 radical (unpaired) electrons. The van der Waals surface area contributed by atoms with Gasteiger partial charge in [0.05, 0.1) is 5.41 Å². The van der Waals surface area contributed by atoms with Crippen LogP contribution >= 0.6 is 0 Å². The van der Waals surface area contributed by atoms with Crippen molar-refractivity contribution < 1.29 is 19.4 Å². The number of esters is 1. The van der Waals surface area contributed by atoms with Crippen LogP contribution in [0.3, 0.4) is 0 Å². The first-order chi connectivity index (χ1) is 16.6. The molecule has 202 valence electrons. The average Bonchev–Trinajstić information content (AvgIpc) is 3.17. The van der Waals surface area contributed by atoms with Gasteiger partial charge in [0, 0.05) is 12.3 Å². The fourth-order valence-electron chi connectivity index (χ4n) is 11.9. The highest BCUT2D eigenvalue weighted by atomic mass is 16.5. The summed E-state index contributed by atoms with van der Waals surface area (Å²) in [6.07, 6.45) is 10.5. The maximum Gasteiger partial charge on any atom is 0.309 e. The Morgan fingerprint density at radius 2 is 1.50 bits per heavy atom. The van der Waals surface area contributed by atoms with Crippen LogP contribution in [0.25, 0.3) is 0 Å². The fraction of sp³-hybridized carbons (Fsp3) is 0.875. The van der Waals surface area contributed by atoms with E-state index in [1.54, 1.807) is 6.92 Å². The lowest BCUT2D eigenvalue weighted by Gasteiger charge is -2.72. The fourth-order valence-corrected chi connectivity index (χ4v) is 11.9. The monoisotopic (exact) mass is 498 g/mol. The van der Waals surface area contributed by atoms with E-state index in [0.717, 1.165) is 44.9 Å². The lowest BCUT2D eigenvalue weighted by Crippen LogP contribution is -2.67. The molecule has 5 saturated carbocycles. The van der Waals surface area contributed by atoms with Crippen LogP contribution in [0.15, 0.2) is 12.2 Å². The molecule has 0 amide bonds. The molecule has 4 heteroatoms. The molecule has 1 N–H and O–H groups in total. The summed E-state index contributed by atoms with van der Waals surface area (Å²) in [5.74, 6) is 1.49. The zero-order valence-electron chi connectivity index (χ0n) is 23.9. The van der Waals surface area contributed by atoms with Crippen molar-refractivity contribution in [1.29, 1.82) is 0 Å². The first-order valence-corrected chi connectivity index (χ1v) is 14.7. The predicted molar refractivity (Wildman–Crippen MR) is 142 cm³/mol. The maximum atomic E-state index is 12.8. The van der Waals surface area contributed by atoms with E-state index in [0.29, 0.717) is 23.7 Å². The van der Waals surface area contributed by atoms with Gasteiger partial charge in [0.2, 0.25) is 0 Å². The van der Waals surface area contributed by atoms with Crippen LogP contribution in [0.5, 0.6) is 0 Å². The maximum absolute atomic E-state index is 12.8. The second-order valence-electron chi connectivity index (χ2n) is 15.1. The normalized spacial score (nSPS) is 51.2. The molecule has 0 aromatic heterocycles. The van der Waals surface area contributed by atoms with Crippen LogP contribution in [-0.4, -0.2) is 23.1 Å². The molecule has 0 aliphatic heterocycles. The number of ether oxygens (including phenoxy) is 1. The molecular weight excluding hydrogens is 448 g/mol. The number of fused-ring (bicyclic) bond motifs is 7. The third-order valence-electron chi connectivity index (χ3n) is 13.7. The predicted octanol–water partition coefficient (Wildman–Crippen LogP) is 7.66. The molecule has 10 atom stereocenters. The van der Waals surface area contributed by atoms with Crippen molar-refractivity contribution in [2.75, 3.05) is 0 Å². The minimum Gasteiger partial charge on any atom is -0.481 e. The van der Waals surface area contributed by atoms with Gasteiger partial charge in [-0.3, -0.25) is 9.59 Å². The molecular formula is C32H50O4. The van der Waals surface area contributed by atoms with Gasteiger partial charge in [0.25, 0.3) is 0 Å². The topological polar surface area (TPSA) is 63.6 Å². The number of hydrogen-bond donors (Lipinski definition) is 1. The Kier molecular flexibility index (Phi) is 5.91. The lowest BCUT2D eigenvalue weighted by molar-refractivity contribution is -0.250. The van der Waals surface area contributed by atoms with Gasteiger partial charge in [-0.25, -0.2) is 0 Å². The summed E-state index contributed by atoms with van der Waals surface area (Å²) in [4.78, 5) is 24.7. The third-order valence-corrected chi connectivity index (χ3v) is 13.7. The van der Waals surface area contributed by atoms with Gasteiger partial charge in [0.1, 0.15) is 6.10 Å². The molecule has 5 fully saturated rings. The number of rotatable bonds is 3. The Morgan fingerprint density at radius 1 is 0.806 bits per heavy atom. The molecule has 1 unspecified atom stereocenters. The van der Waals surface area contributed by atoms with Crippen molar-refractivity contribution in [2.45, 2.75) is 119 Å². The standard InChI is InChI=1S/C32H50O4/c1-19(2)21-11-16-32(27(34)35)18-17-30(7)22(26(21)32)9-10-24-29(6)14-13-25(36-20(3)33)28(4,5)23(29)12-15-31(24,30)8/h21-26H,1,9-18H2,2-8H3,(H,34,35)/t21-,22?,23-,24+,25+,26-,29-,30+,31+,32-/m0/s1. The van der Waals surface area contributed by atoms with Crippen molar-refractivity contribution in [2.24, 2.45) is 56.7 Å². The van der Waals surface area contributed by atoms with E-state index in [-0.39, 0.29) is 39.7 Å². The SMILES string of the molecule is C=C(C)[C@@H]1CC[C@]2(C(=O)O)CC[C@]3(C)C(CC[C@@H]4[C@@]5(C)CC[C@@H](OC(C)=O)C(C)(C)[C@@H]5CC[C@]43C)[C@H]12. The number of allylic oxidation sites excluding steroid dienone is 1. The van der Waals surface area contributed by atoms with Crippen molar-refractivity contribution in [3.05, 3.63) is 12.2 Å². The second-order valence-corrected chi connectivity index (χ2v) is 15.1. The summed E-state index contributed by atoms with van der Waals surface area (Å²) in [6.45, 7) is 20.4. The van der Waals surface area contributed by atoms with Gasteiger partial charge in [-0.15, -0.1) is 0 Å². The number of carboxylic acids is 1. The van der Waals surface area contributed by atoms with Crippen molar-refractivity contribution in [1.82, 2.24) is 0 Å². The summed E-state index contributed by atoms with van der Waals surface area (Å²) < 4.78 is 5.88. The first kappa shape index (κ1) is 26.3. The molecule has 5 aliphatic carbocycles. The molecule has 0 bridgehead atoms. The minimum atomic E-state index is -0.553. The molecule has 0 spiro atoms. The number of hydrogen-bond acceptors (Lipinski definition) is 3. The number of carbonyl (C=O) groups is 2. The van der Waals surface area contributed by atoms with E-state index in [4.69, 9.17) is 4.74 Å². The van der Waals surface area contributed by atoms with Crippen LogP contribution in [0.4, 0.5) is 0 Å². The van der Waals surface area contributed by atoms with Gasteiger partial charge >= 0.3 is 11.9 Å². The Labute approximate surface area is 219 Å². The van der Waals surface area contributed by atoms with Gasteiger partial charge in [-0.2, -0.15) is 0 Å². The highest BCUT2D eigenvalue weighted by molar-refractivity contribution is 5.76. The van der Waals surface area contributed by atoms with Gasteiger partial charge in [-0.1, -0.05) is 46.8 Å². The first-order valence-electron chi connectivity index (χ1n) is 14.7. The van der Waals surface area contributed by atoms with Crippen molar-refractivity contribution in [3.63, 3.8) is 0 Å². The average molecular weight is 499 g/mol. The Bertz CT molecular complexity index is 967. The summed E-state index contributed by atoms with van der Waals surface area (Å²) in [5, 5.41) is 10.5. The molecule has 4 nitrogen and oxygen atoms in total. The summed E-state index contributed by atoms with van der Waals surface area (Å²) in [5.41, 5.74) is 1.20. The highest BCUT2D eigenvalue weighted by Gasteiger charge is 2.72. The van der Waals surface area contributed by atoms with Crippen LogP contribution in [0.2, 0.25) is 0 Å². The lowest BCUT2D eigenvalue weighted by atomic mass is 9.32. The van der Waals surface area contributed by atoms with E-state index >= 15 is 0 Å². The van der Waals surface area contributed by atoms with E-state index in [2.05, 4.69) is 48.1 Å². The van der Waals surface area contributed by atoms with E-state index in [9.17, 15) is 14.7 Å². The highest BCUT2D eigenvalue weighted by Crippen LogP contribution is 2.77. The molecule has 36 heavy (non-hydrogen) atoms. The van der Waals surface area contributed by atoms with Crippen molar-refractivity contribution >= 4 is 11.9 Å². The molecule has 5 aliphatic rings. The zero-order valence-corrected chi connectivity index (χ0v) is 23.9. The zero-order chi connectivity index (χ0) is 26.5. The number of carbonyl (C=O) groups excluding carboxylic acids is 1. The summed E-state index contributed by atoms with van der Waals surface area (Å²) in [7, 11) is 0. The van der Waals surface area contributed by atoms with Gasteiger partial charge < -0.3 is 9.84 Å². The second kappa shape index (κ2) is 8.09. The van der Waals surface area contributed by atoms with E-state index in [1.807, 2.05) is 0 Å². The Hall–Kier alpha value is -1.32. The summed E-state index contributed by atoms with van der Waals surface area (Å²) in [6, 6.07) is 0. The molecule has 0 saturated heterocycles. The molecule has 5 rings (SSSR count). The summed E-state index contributed by atoms with van der Waals surface area (Å²) >= 11 is 0. The molecule has 0 aromatic carbocycles. The van der Waals surface area contributed by atoms with Crippen LogP contribution < -0.4 is 0 Å². The number of carboxylic acid groups (broad SMARTS) is 1. The quantitative estimate of drug-likeness (QED) is 0.320. The molecule has 0 aromatic rings. The number of aliphatic carboxylic acids is 1. The molecule has 0 heterocycles. The minimum absolute atomic E-state index is 0.00466. The van der Waals surface area contributed by atoms with Gasteiger partial charge in [0.15, 0.2) is 0 Å². The Morgan fingerprint density at radius 3 is 2.11 bits per heavy atom. The van der Waals surface area contributed by atoms with E-state index < -0.39 is 11.4 Å². The Balaban J connectivity index is 1.52. The van der Waals surface area contributed by atoms with Gasteiger partial charge in [-0.05, 0) is 117 Å². The van der Waals surface area contributed by atoms with Crippen LogP contribution in [-0.2, 0) is 14.3 Å².